The number of allylic oxidation sites excluding steroid dienone is 18. The third kappa shape index (κ3) is 52.9. The molecule has 0 spiro atoms. The summed E-state index contributed by atoms with van der Waals surface area (Å²) in [7, 11) is 0. The van der Waals surface area contributed by atoms with Gasteiger partial charge in [-0.3, -0.25) is 14.4 Å². The smallest absolute Gasteiger partial charge is 0.306 e. The zero-order valence-electron chi connectivity index (χ0n) is 43.4. The van der Waals surface area contributed by atoms with Crippen molar-refractivity contribution in [3.8, 4) is 0 Å². The summed E-state index contributed by atoms with van der Waals surface area (Å²) in [5.74, 6) is -1.05. The van der Waals surface area contributed by atoms with Crippen LogP contribution in [0.2, 0.25) is 0 Å². The van der Waals surface area contributed by atoms with Gasteiger partial charge in [-0.2, -0.15) is 0 Å². The third-order valence-electron chi connectivity index (χ3n) is 11.3. The molecule has 0 bridgehead atoms. The first-order chi connectivity index (χ1) is 33.0. The number of carbonyl (C=O) groups excluding carboxylic acids is 3. The van der Waals surface area contributed by atoms with Gasteiger partial charge in [0.1, 0.15) is 13.2 Å². The van der Waals surface area contributed by atoms with Crippen LogP contribution in [-0.2, 0) is 28.6 Å². The number of hydrogen-bond acceptors (Lipinski definition) is 6. The summed E-state index contributed by atoms with van der Waals surface area (Å²) in [6.45, 7) is 6.30. The largest absolute Gasteiger partial charge is 0.462 e. The van der Waals surface area contributed by atoms with Crippen molar-refractivity contribution in [3.05, 3.63) is 109 Å². The van der Waals surface area contributed by atoms with Crippen molar-refractivity contribution in [2.24, 2.45) is 0 Å². The van der Waals surface area contributed by atoms with E-state index in [1.54, 1.807) is 0 Å². The first kappa shape index (κ1) is 63.1. The Labute approximate surface area is 412 Å². The lowest BCUT2D eigenvalue weighted by atomic mass is 10.1. The predicted molar refractivity (Wildman–Crippen MR) is 288 cm³/mol. The van der Waals surface area contributed by atoms with Crippen LogP contribution >= 0.6 is 0 Å². The van der Waals surface area contributed by atoms with Gasteiger partial charge in [0.25, 0.3) is 0 Å². The van der Waals surface area contributed by atoms with Gasteiger partial charge >= 0.3 is 17.9 Å². The number of esters is 3. The average molecular weight is 929 g/mol. The summed E-state index contributed by atoms with van der Waals surface area (Å²) in [5.41, 5.74) is 0. The lowest BCUT2D eigenvalue weighted by Crippen LogP contribution is -2.30. The molecule has 67 heavy (non-hydrogen) atoms. The maximum Gasteiger partial charge on any atom is 0.306 e. The predicted octanol–water partition coefficient (Wildman–Crippen LogP) is 18.3. The van der Waals surface area contributed by atoms with Crippen molar-refractivity contribution in [1.29, 1.82) is 0 Å². The topological polar surface area (TPSA) is 78.9 Å². The van der Waals surface area contributed by atoms with E-state index in [4.69, 9.17) is 14.2 Å². The molecule has 0 aromatic rings. The minimum atomic E-state index is -0.831. The van der Waals surface area contributed by atoms with Crippen LogP contribution in [0.1, 0.15) is 239 Å². The van der Waals surface area contributed by atoms with Crippen LogP contribution in [0.15, 0.2) is 109 Å². The van der Waals surface area contributed by atoms with Gasteiger partial charge in [-0.15, -0.1) is 0 Å². The van der Waals surface area contributed by atoms with E-state index >= 15 is 0 Å². The molecular weight excluding hydrogens is 829 g/mol. The van der Waals surface area contributed by atoms with Gasteiger partial charge in [0.2, 0.25) is 0 Å². The molecule has 1 unspecified atom stereocenters. The molecule has 0 aromatic heterocycles. The fraction of sp³-hybridized carbons (Fsp3) is 0.656. The minimum Gasteiger partial charge on any atom is -0.462 e. The normalized spacial score (nSPS) is 12.9. The average Bonchev–Trinajstić information content (AvgIpc) is 3.33. The van der Waals surface area contributed by atoms with E-state index in [-0.39, 0.29) is 44.0 Å². The maximum absolute atomic E-state index is 12.8. The standard InChI is InChI=1S/C61H100O6/c1-4-7-10-13-16-19-22-25-27-28-29-30-31-32-34-36-39-42-45-48-51-54-60(63)66-57-58(56-65-59(62)53-50-47-44-41-38-35-24-21-18-15-12-9-6-3)67-61(64)55-52-49-46-43-40-37-33-26-23-20-17-14-11-8-5-2/h8-9,11-12,17-18,20-21,26,28-29,33,35,38,40,43-44,47,58H,4-7,10,13-16,19,22-25,27,30-32,34,36-37,39,41-42,45-46,48-57H2,1-3H3/b11-8-,12-9-,20-17-,21-18-,29-28-,33-26-,38-35-,43-40-,47-44-. The van der Waals surface area contributed by atoms with Gasteiger partial charge in [0.05, 0.1) is 0 Å². The van der Waals surface area contributed by atoms with Crippen LogP contribution in [0.5, 0.6) is 0 Å². The SMILES string of the molecule is CC/C=C\C/C=C\C/C=C\C/C=C\CCCCC(=O)OC(COC(=O)CC/C=C\C/C=C\C/C=C\C/C=C\CC)COC(=O)CCCCCCCCCCC/C=C\CCCCCCCCCC. The summed E-state index contributed by atoms with van der Waals surface area (Å²) in [6.07, 6.45) is 73.9. The lowest BCUT2D eigenvalue weighted by molar-refractivity contribution is -0.166. The molecule has 0 fully saturated rings. The summed E-state index contributed by atoms with van der Waals surface area (Å²) in [5, 5.41) is 0. The van der Waals surface area contributed by atoms with E-state index in [1.165, 1.54) is 103 Å². The van der Waals surface area contributed by atoms with Crippen molar-refractivity contribution in [2.45, 2.75) is 245 Å². The maximum atomic E-state index is 12.8. The number of unbranched alkanes of at least 4 members (excludes halogenated alkanes) is 19. The second-order valence-electron chi connectivity index (χ2n) is 17.7. The number of carbonyl (C=O) groups is 3. The van der Waals surface area contributed by atoms with Crippen LogP contribution in [0.25, 0.3) is 0 Å². The minimum absolute atomic E-state index is 0.119. The molecule has 0 aliphatic rings. The van der Waals surface area contributed by atoms with E-state index in [2.05, 4.69) is 118 Å². The highest BCUT2D eigenvalue weighted by molar-refractivity contribution is 5.71. The summed E-state index contributed by atoms with van der Waals surface area (Å²) >= 11 is 0. The molecule has 0 rings (SSSR count). The third-order valence-corrected chi connectivity index (χ3v) is 11.3. The molecule has 0 saturated carbocycles. The molecule has 0 aromatic carbocycles. The first-order valence-electron chi connectivity index (χ1n) is 27.4. The van der Waals surface area contributed by atoms with E-state index in [1.807, 2.05) is 12.2 Å². The van der Waals surface area contributed by atoms with Crippen LogP contribution in [-0.4, -0.2) is 37.2 Å². The first-order valence-corrected chi connectivity index (χ1v) is 27.4. The van der Waals surface area contributed by atoms with Crippen LogP contribution < -0.4 is 0 Å². The van der Waals surface area contributed by atoms with Crippen molar-refractivity contribution in [2.75, 3.05) is 13.2 Å². The van der Waals surface area contributed by atoms with Crippen molar-refractivity contribution in [3.63, 3.8) is 0 Å². The Morgan fingerprint density at radius 2 is 0.612 bits per heavy atom. The van der Waals surface area contributed by atoms with Gasteiger partial charge in [-0.1, -0.05) is 220 Å². The Balaban J connectivity index is 4.46. The van der Waals surface area contributed by atoms with Gasteiger partial charge in [-0.25, -0.2) is 0 Å². The Morgan fingerprint density at radius 1 is 0.313 bits per heavy atom. The van der Waals surface area contributed by atoms with Gasteiger partial charge in [-0.05, 0) is 109 Å². The monoisotopic (exact) mass is 929 g/mol. The molecule has 0 N–H and O–H groups in total. The Hall–Kier alpha value is -3.93. The molecule has 380 valence electrons. The second-order valence-corrected chi connectivity index (χ2v) is 17.7. The van der Waals surface area contributed by atoms with E-state index < -0.39 is 6.10 Å². The molecule has 0 saturated heterocycles. The fourth-order valence-corrected chi connectivity index (χ4v) is 7.21. The molecule has 6 heteroatoms. The molecule has 0 amide bonds. The highest BCUT2D eigenvalue weighted by Gasteiger charge is 2.19. The second kappa shape index (κ2) is 54.7. The van der Waals surface area contributed by atoms with Gasteiger partial charge in [0.15, 0.2) is 6.10 Å². The zero-order valence-corrected chi connectivity index (χ0v) is 43.4. The van der Waals surface area contributed by atoms with Crippen molar-refractivity contribution >= 4 is 17.9 Å². The number of ether oxygens (including phenoxy) is 3. The molecule has 0 aliphatic heterocycles. The quantitative estimate of drug-likeness (QED) is 0.0262. The molecule has 0 aliphatic carbocycles. The number of hydrogen-bond donors (Lipinski definition) is 0. The van der Waals surface area contributed by atoms with Crippen molar-refractivity contribution in [1.82, 2.24) is 0 Å². The summed E-state index contributed by atoms with van der Waals surface area (Å²) in [6, 6.07) is 0. The van der Waals surface area contributed by atoms with E-state index in [9.17, 15) is 14.4 Å². The van der Waals surface area contributed by atoms with Gasteiger partial charge < -0.3 is 14.2 Å². The van der Waals surface area contributed by atoms with Gasteiger partial charge in [0, 0.05) is 19.3 Å². The van der Waals surface area contributed by atoms with E-state index in [0.717, 1.165) is 83.5 Å². The molecule has 0 radical (unpaired) electrons. The lowest BCUT2D eigenvalue weighted by Gasteiger charge is -2.18. The fourth-order valence-electron chi connectivity index (χ4n) is 7.21. The van der Waals surface area contributed by atoms with E-state index in [0.29, 0.717) is 19.3 Å². The van der Waals surface area contributed by atoms with Crippen molar-refractivity contribution < 1.29 is 28.6 Å². The van der Waals surface area contributed by atoms with Crippen LogP contribution in [0.3, 0.4) is 0 Å². The Bertz CT molecular complexity index is 1390. The highest BCUT2D eigenvalue weighted by Crippen LogP contribution is 2.14. The summed E-state index contributed by atoms with van der Waals surface area (Å²) in [4.78, 5) is 38.0. The van der Waals surface area contributed by atoms with Crippen LogP contribution in [0, 0.1) is 0 Å². The number of rotatable bonds is 48. The highest BCUT2D eigenvalue weighted by atomic mass is 16.6. The molecule has 6 nitrogen and oxygen atoms in total. The molecular formula is C61H100O6. The Morgan fingerprint density at radius 3 is 1.04 bits per heavy atom. The Kier molecular flexibility index (Phi) is 51.5. The zero-order chi connectivity index (χ0) is 48.6. The molecule has 0 heterocycles. The molecule has 1 atom stereocenters. The van der Waals surface area contributed by atoms with Crippen LogP contribution in [0.4, 0.5) is 0 Å². The summed E-state index contributed by atoms with van der Waals surface area (Å²) < 4.78 is 16.7.